The molecule has 1 amide bonds. The number of carbonyl (C=O) groups excluding carboxylic acids is 1. The highest BCUT2D eigenvalue weighted by atomic mass is 35.5. The van der Waals surface area contributed by atoms with E-state index in [1.165, 1.54) is 0 Å². The van der Waals surface area contributed by atoms with Crippen molar-refractivity contribution in [3.8, 4) is 0 Å². The molecule has 0 aromatic heterocycles. The molecule has 1 saturated heterocycles. The molecule has 0 bridgehead atoms. The number of rotatable bonds is 5. The van der Waals surface area contributed by atoms with E-state index in [1.807, 2.05) is 11.8 Å². The standard InChI is InChI=1S/C11H20ClNO2/c1-2-6-15-9-11(14)13-5-3-4-10(7-12)8-13/h10H,2-9H2,1H3. The number of ether oxygens (including phenoxy) is 1. The smallest absolute Gasteiger partial charge is 0.248 e. The highest BCUT2D eigenvalue weighted by Crippen LogP contribution is 2.17. The zero-order valence-corrected chi connectivity index (χ0v) is 10.1. The van der Waals surface area contributed by atoms with E-state index < -0.39 is 0 Å². The summed E-state index contributed by atoms with van der Waals surface area (Å²) in [4.78, 5) is 13.6. The van der Waals surface area contributed by atoms with Crippen molar-refractivity contribution in [3.05, 3.63) is 0 Å². The van der Waals surface area contributed by atoms with Gasteiger partial charge in [-0.05, 0) is 25.2 Å². The third kappa shape index (κ3) is 4.39. The molecule has 4 heteroatoms. The largest absolute Gasteiger partial charge is 0.372 e. The Balaban J connectivity index is 2.25. The van der Waals surface area contributed by atoms with Crippen LogP contribution in [0.2, 0.25) is 0 Å². The summed E-state index contributed by atoms with van der Waals surface area (Å²) in [6.07, 6.45) is 3.16. The van der Waals surface area contributed by atoms with Crippen molar-refractivity contribution in [2.45, 2.75) is 26.2 Å². The first kappa shape index (κ1) is 12.8. The van der Waals surface area contributed by atoms with Gasteiger partial charge in [-0.2, -0.15) is 0 Å². The summed E-state index contributed by atoms with van der Waals surface area (Å²) < 4.78 is 5.24. The van der Waals surface area contributed by atoms with E-state index in [4.69, 9.17) is 16.3 Å². The van der Waals surface area contributed by atoms with Crippen LogP contribution in [0.1, 0.15) is 26.2 Å². The summed E-state index contributed by atoms with van der Waals surface area (Å²) in [7, 11) is 0. The second-order valence-corrected chi connectivity index (χ2v) is 4.36. The monoisotopic (exact) mass is 233 g/mol. The number of amides is 1. The predicted molar refractivity (Wildman–Crippen MR) is 61.1 cm³/mol. The van der Waals surface area contributed by atoms with Crippen LogP contribution >= 0.6 is 11.6 Å². The van der Waals surface area contributed by atoms with E-state index in [2.05, 4.69) is 0 Å². The highest BCUT2D eigenvalue weighted by Gasteiger charge is 2.22. The van der Waals surface area contributed by atoms with E-state index in [9.17, 15) is 4.79 Å². The van der Waals surface area contributed by atoms with Gasteiger partial charge in [-0.3, -0.25) is 4.79 Å². The maximum Gasteiger partial charge on any atom is 0.248 e. The van der Waals surface area contributed by atoms with Crippen LogP contribution in [-0.4, -0.2) is 43.0 Å². The van der Waals surface area contributed by atoms with Crippen molar-refractivity contribution >= 4 is 17.5 Å². The van der Waals surface area contributed by atoms with Gasteiger partial charge in [0.2, 0.25) is 5.91 Å². The average Bonchev–Trinajstić information content (AvgIpc) is 2.29. The molecule has 1 unspecified atom stereocenters. The minimum Gasteiger partial charge on any atom is -0.372 e. The van der Waals surface area contributed by atoms with Crippen molar-refractivity contribution in [1.29, 1.82) is 0 Å². The Bertz CT molecular complexity index is 199. The lowest BCUT2D eigenvalue weighted by atomic mass is 10.0. The van der Waals surface area contributed by atoms with E-state index >= 15 is 0 Å². The Hall–Kier alpha value is -0.280. The van der Waals surface area contributed by atoms with E-state index in [0.717, 1.165) is 32.4 Å². The average molecular weight is 234 g/mol. The van der Waals surface area contributed by atoms with Gasteiger partial charge in [-0.1, -0.05) is 6.92 Å². The molecule has 0 aromatic carbocycles. The van der Waals surface area contributed by atoms with Crippen LogP contribution in [0.5, 0.6) is 0 Å². The quantitative estimate of drug-likeness (QED) is 0.536. The lowest BCUT2D eigenvalue weighted by molar-refractivity contribution is -0.137. The van der Waals surface area contributed by atoms with Crippen molar-refractivity contribution in [2.24, 2.45) is 5.92 Å². The van der Waals surface area contributed by atoms with Crippen molar-refractivity contribution in [3.63, 3.8) is 0 Å². The lowest BCUT2D eigenvalue weighted by Gasteiger charge is -2.31. The normalized spacial score (nSPS) is 21.7. The van der Waals surface area contributed by atoms with Crippen LogP contribution in [0.15, 0.2) is 0 Å². The molecule has 0 radical (unpaired) electrons. The van der Waals surface area contributed by atoms with Crippen LogP contribution in [0.4, 0.5) is 0 Å². The number of alkyl halides is 1. The summed E-state index contributed by atoms with van der Waals surface area (Å²) in [6, 6.07) is 0. The van der Waals surface area contributed by atoms with Gasteiger partial charge in [0.25, 0.3) is 0 Å². The maximum absolute atomic E-state index is 11.7. The first-order chi connectivity index (χ1) is 7.27. The topological polar surface area (TPSA) is 29.5 Å². The lowest BCUT2D eigenvalue weighted by Crippen LogP contribution is -2.42. The molecule has 1 fully saturated rings. The molecule has 1 rings (SSSR count). The number of nitrogens with zero attached hydrogens (tertiary/aromatic N) is 1. The predicted octanol–water partition coefficient (Wildman–Crippen LogP) is 1.89. The molecule has 0 aromatic rings. The molecular weight excluding hydrogens is 214 g/mol. The van der Waals surface area contributed by atoms with Crippen molar-refractivity contribution in [2.75, 3.05) is 32.2 Å². The van der Waals surface area contributed by atoms with Crippen molar-refractivity contribution in [1.82, 2.24) is 4.90 Å². The first-order valence-electron chi connectivity index (χ1n) is 5.69. The molecule has 1 aliphatic heterocycles. The van der Waals surface area contributed by atoms with Crippen LogP contribution in [0, 0.1) is 5.92 Å². The van der Waals surface area contributed by atoms with Crippen LogP contribution < -0.4 is 0 Å². The fourth-order valence-electron chi connectivity index (χ4n) is 1.81. The number of hydrogen-bond acceptors (Lipinski definition) is 2. The molecular formula is C11H20ClNO2. The molecule has 0 aliphatic carbocycles. The van der Waals surface area contributed by atoms with Crippen LogP contribution in [-0.2, 0) is 9.53 Å². The number of piperidine rings is 1. The van der Waals surface area contributed by atoms with Crippen LogP contribution in [0.25, 0.3) is 0 Å². The van der Waals surface area contributed by atoms with Crippen molar-refractivity contribution < 1.29 is 9.53 Å². The third-order valence-electron chi connectivity index (χ3n) is 2.66. The third-order valence-corrected chi connectivity index (χ3v) is 3.10. The SMILES string of the molecule is CCCOCC(=O)N1CCCC(CCl)C1. The second kappa shape index (κ2) is 7.07. The Kier molecular flexibility index (Phi) is 6.03. The van der Waals surface area contributed by atoms with E-state index in [0.29, 0.717) is 18.4 Å². The Morgan fingerprint density at radius 2 is 2.40 bits per heavy atom. The Morgan fingerprint density at radius 1 is 1.60 bits per heavy atom. The molecule has 15 heavy (non-hydrogen) atoms. The molecule has 3 nitrogen and oxygen atoms in total. The number of carbonyl (C=O) groups is 1. The van der Waals surface area contributed by atoms with E-state index in [-0.39, 0.29) is 12.5 Å². The molecule has 0 N–H and O–H groups in total. The molecule has 1 aliphatic rings. The summed E-state index contributed by atoms with van der Waals surface area (Å²) in [6.45, 7) is 4.59. The summed E-state index contributed by atoms with van der Waals surface area (Å²) in [5, 5.41) is 0. The zero-order valence-electron chi connectivity index (χ0n) is 9.38. The van der Waals surface area contributed by atoms with Crippen LogP contribution in [0.3, 0.4) is 0 Å². The number of hydrogen-bond donors (Lipinski definition) is 0. The van der Waals surface area contributed by atoms with E-state index in [1.54, 1.807) is 0 Å². The first-order valence-corrected chi connectivity index (χ1v) is 6.22. The molecule has 1 heterocycles. The fourth-order valence-corrected chi connectivity index (χ4v) is 2.06. The van der Waals surface area contributed by atoms with Gasteiger partial charge in [0.1, 0.15) is 6.61 Å². The highest BCUT2D eigenvalue weighted by molar-refractivity contribution is 6.18. The molecule has 1 atom stereocenters. The summed E-state index contributed by atoms with van der Waals surface area (Å²) in [5.41, 5.74) is 0. The van der Waals surface area contributed by atoms with Gasteiger partial charge in [-0.15, -0.1) is 11.6 Å². The summed E-state index contributed by atoms with van der Waals surface area (Å²) >= 11 is 5.81. The minimum atomic E-state index is 0.110. The fraction of sp³-hybridized carbons (Fsp3) is 0.909. The molecule has 0 spiro atoms. The second-order valence-electron chi connectivity index (χ2n) is 4.05. The molecule has 0 saturated carbocycles. The number of halogens is 1. The van der Waals surface area contributed by atoms with Gasteiger partial charge in [-0.25, -0.2) is 0 Å². The maximum atomic E-state index is 11.7. The number of likely N-dealkylation sites (tertiary alicyclic amines) is 1. The molecule has 88 valence electrons. The van der Waals surface area contributed by atoms with Gasteiger partial charge >= 0.3 is 0 Å². The van der Waals surface area contributed by atoms with Gasteiger partial charge < -0.3 is 9.64 Å². The zero-order chi connectivity index (χ0) is 11.1. The van der Waals surface area contributed by atoms with Gasteiger partial charge in [0.15, 0.2) is 0 Å². The minimum absolute atomic E-state index is 0.110. The Morgan fingerprint density at radius 3 is 3.07 bits per heavy atom. The van der Waals surface area contributed by atoms with Gasteiger partial charge in [0.05, 0.1) is 0 Å². The Labute approximate surface area is 96.7 Å². The van der Waals surface area contributed by atoms with Gasteiger partial charge in [0, 0.05) is 25.6 Å². The summed E-state index contributed by atoms with van der Waals surface area (Å²) in [5.74, 6) is 1.23.